The number of nitro benzene ring substituents is 1. The van der Waals surface area contributed by atoms with E-state index in [4.69, 9.17) is 27.3 Å². The molecule has 0 aliphatic rings. The van der Waals surface area contributed by atoms with E-state index in [-0.39, 0.29) is 22.3 Å². The standard InChI is InChI=1S/C10H12ClN3O4/c1-2-8(10(12)13-15)18-9-6(11)4-3-5-7(9)14(16)17/h3-5,8,15H,2H2,1H3,(H2,12,13). The molecule has 18 heavy (non-hydrogen) atoms. The first-order valence-corrected chi connectivity index (χ1v) is 5.46. The van der Waals surface area contributed by atoms with Gasteiger partial charge in [-0.2, -0.15) is 0 Å². The van der Waals surface area contributed by atoms with Crippen LogP contribution >= 0.6 is 11.6 Å². The zero-order valence-corrected chi connectivity index (χ0v) is 10.3. The molecule has 3 N–H and O–H groups in total. The van der Waals surface area contributed by atoms with Crippen molar-refractivity contribution in [1.29, 1.82) is 0 Å². The number of para-hydroxylation sites is 1. The van der Waals surface area contributed by atoms with Gasteiger partial charge in [0, 0.05) is 6.07 Å². The number of hydrogen-bond donors (Lipinski definition) is 2. The molecule has 0 saturated carbocycles. The number of nitro groups is 1. The number of hydrogen-bond acceptors (Lipinski definition) is 5. The average Bonchev–Trinajstić information content (AvgIpc) is 2.36. The number of nitrogens with zero attached hydrogens (tertiary/aromatic N) is 2. The first-order valence-electron chi connectivity index (χ1n) is 5.08. The van der Waals surface area contributed by atoms with Gasteiger partial charge < -0.3 is 15.7 Å². The average molecular weight is 274 g/mol. The highest BCUT2D eigenvalue weighted by Gasteiger charge is 2.23. The SMILES string of the molecule is CCC(Oc1c(Cl)cccc1[N+](=O)[O-])/C(N)=N/O. The smallest absolute Gasteiger partial charge is 0.312 e. The Morgan fingerprint density at radius 3 is 2.89 bits per heavy atom. The molecule has 8 heteroatoms. The van der Waals surface area contributed by atoms with Crippen LogP contribution in [0.1, 0.15) is 13.3 Å². The highest BCUT2D eigenvalue weighted by Crippen LogP contribution is 2.35. The second-order valence-electron chi connectivity index (χ2n) is 3.38. The minimum atomic E-state index is -0.784. The fraction of sp³-hybridized carbons (Fsp3) is 0.300. The van der Waals surface area contributed by atoms with Gasteiger partial charge >= 0.3 is 5.69 Å². The Labute approximate surface area is 108 Å². The molecule has 0 aliphatic carbocycles. The van der Waals surface area contributed by atoms with Gasteiger partial charge in [0.25, 0.3) is 0 Å². The van der Waals surface area contributed by atoms with Gasteiger partial charge in [0.2, 0.25) is 5.75 Å². The minimum absolute atomic E-state index is 0.0911. The summed E-state index contributed by atoms with van der Waals surface area (Å²) in [5.74, 6) is -0.269. The summed E-state index contributed by atoms with van der Waals surface area (Å²) >= 11 is 5.85. The Bertz CT molecular complexity index is 478. The van der Waals surface area contributed by atoms with Crippen molar-refractivity contribution in [3.8, 4) is 5.75 Å². The highest BCUT2D eigenvalue weighted by atomic mass is 35.5. The molecule has 0 radical (unpaired) electrons. The summed E-state index contributed by atoms with van der Waals surface area (Å²) in [5, 5.41) is 22.3. The van der Waals surface area contributed by atoms with Crippen LogP contribution in [0.5, 0.6) is 5.75 Å². The molecule has 0 aliphatic heterocycles. The number of benzene rings is 1. The molecule has 0 saturated heterocycles. The van der Waals surface area contributed by atoms with Crippen molar-refractivity contribution < 1.29 is 14.9 Å². The Kier molecular flexibility index (Phi) is 4.73. The maximum absolute atomic E-state index is 10.8. The molecular weight excluding hydrogens is 262 g/mol. The molecule has 1 unspecified atom stereocenters. The maximum atomic E-state index is 10.8. The monoisotopic (exact) mass is 273 g/mol. The van der Waals surface area contributed by atoms with Crippen LogP contribution in [0.25, 0.3) is 0 Å². The third-order valence-corrected chi connectivity index (χ3v) is 2.52. The molecule has 1 aromatic rings. The Morgan fingerprint density at radius 1 is 1.72 bits per heavy atom. The summed E-state index contributed by atoms with van der Waals surface area (Å²) in [6.45, 7) is 1.73. The summed E-state index contributed by atoms with van der Waals surface area (Å²) in [6, 6.07) is 4.17. The number of rotatable bonds is 5. The van der Waals surface area contributed by atoms with E-state index >= 15 is 0 Å². The largest absolute Gasteiger partial charge is 0.474 e. The number of nitrogens with two attached hydrogens (primary N) is 1. The normalized spacial score (nSPS) is 13.1. The molecule has 0 fully saturated rings. The summed E-state index contributed by atoms with van der Waals surface area (Å²) in [5.41, 5.74) is 5.14. The van der Waals surface area contributed by atoms with Crippen molar-refractivity contribution in [3.63, 3.8) is 0 Å². The fourth-order valence-electron chi connectivity index (χ4n) is 1.32. The lowest BCUT2D eigenvalue weighted by Gasteiger charge is -2.16. The Balaban J connectivity index is 3.13. The van der Waals surface area contributed by atoms with Gasteiger partial charge in [-0.15, -0.1) is 0 Å². The molecule has 0 aromatic heterocycles. The maximum Gasteiger partial charge on any atom is 0.312 e. The van der Waals surface area contributed by atoms with E-state index in [1.54, 1.807) is 6.92 Å². The van der Waals surface area contributed by atoms with Gasteiger partial charge in [-0.1, -0.05) is 29.7 Å². The van der Waals surface area contributed by atoms with Crippen LogP contribution in [0.3, 0.4) is 0 Å². The van der Waals surface area contributed by atoms with Gasteiger partial charge in [-0.3, -0.25) is 10.1 Å². The van der Waals surface area contributed by atoms with E-state index in [1.807, 2.05) is 0 Å². The summed E-state index contributed by atoms with van der Waals surface area (Å²) in [4.78, 5) is 10.2. The molecule has 7 nitrogen and oxygen atoms in total. The van der Waals surface area contributed by atoms with Gasteiger partial charge in [0.1, 0.15) is 0 Å². The van der Waals surface area contributed by atoms with Crippen LogP contribution < -0.4 is 10.5 Å². The van der Waals surface area contributed by atoms with Crippen molar-refractivity contribution in [3.05, 3.63) is 33.3 Å². The first kappa shape index (κ1) is 14.0. The number of ether oxygens (including phenoxy) is 1. The minimum Gasteiger partial charge on any atom is -0.474 e. The van der Waals surface area contributed by atoms with Crippen LogP contribution in [0.15, 0.2) is 23.4 Å². The lowest BCUT2D eigenvalue weighted by atomic mass is 10.2. The summed E-state index contributed by atoms with van der Waals surface area (Å²) in [6.07, 6.45) is -0.410. The van der Waals surface area contributed by atoms with E-state index in [1.165, 1.54) is 18.2 Å². The number of oxime groups is 1. The van der Waals surface area contributed by atoms with Crippen molar-refractivity contribution in [1.82, 2.24) is 0 Å². The Morgan fingerprint density at radius 2 is 2.39 bits per heavy atom. The van der Waals surface area contributed by atoms with E-state index in [0.717, 1.165) is 0 Å². The number of amidine groups is 1. The van der Waals surface area contributed by atoms with Crippen molar-refractivity contribution in [2.75, 3.05) is 0 Å². The zero-order chi connectivity index (χ0) is 13.7. The van der Waals surface area contributed by atoms with Crippen molar-refractivity contribution >= 4 is 23.1 Å². The van der Waals surface area contributed by atoms with E-state index in [2.05, 4.69) is 5.16 Å². The second kappa shape index (κ2) is 6.06. The van der Waals surface area contributed by atoms with E-state index < -0.39 is 11.0 Å². The van der Waals surface area contributed by atoms with Crippen LogP contribution in [0.2, 0.25) is 5.02 Å². The highest BCUT2D eigenvalue weighted by molar-refractivity contribution is 6.32. The topological polar surface area (TPSA) is 111 Å². The third kappa shape index (κ3) is 3.01. The number of halogens is 1. The van der Waals surface area contributed by atoms with Gasteiger partial charge in [-0.25, -0.2) is 0 Å². The summed E-state index contributed by atoms with van der Waals surface area (Å²) in [7, 11) is 0. The Hall–Kier alpha value is -2.02. The van der Waals surface area contributed by atoms with Crippen molar-refractivity contribution in [2.24, 2.45) is 10.9 Å². The summed E-state index contributed by atoms with van der Waals surface area (Å²) < 4.78 is 5.35. The van der Waals surface area contributed by atoms with E-state index in [0.29, 0.717) is 6.42 Å². The van der Waals surface area contributed by atoms with Crippen LogP contribution in [0.4, 0.5) is 5.69 Å². The first-order chi connectivity index (χ1) is 8.51. The molecule has 0 amide bonds. The molecule has 1 rings (SSSR count). The van der Waals surface area contributed by atoms with Crippen LogP contribution in [-0.4, -0.2) is 22.1 Å². The molecule has 98 valence electrons. The predicted octanol–water partition coefficient (Wildman–Crippen LogP) is 2.15. The lowest BCUT2D eigenvalue weighted by Crippen LogP contribution is -2.33. The second-order valence-corrected chi connectivity index (χ2v) is 3.79. The molecule has 0 spiro atoms. The van der Waals surface area contributed by atoms with Crippen LogP contribution in [0, 0.1) is 10.1 Å². The quantitative estimate of drug-likeness (QED) is 0.281. The third-order valence-electron chi connectivity index (χ3n) is 2.22. The van der Waals surface area contributed by atoms with Gasteiger partial charge in [0.05, 0.1) is 9.95 Å². The van der Waals surface area contributed by atoms with E-state index in [9.17, 15) is 10.1 Å². The van der Waals surface area contributed by atoms with Gasteiger partial charge in [0.15, 0.2) is 11.9 Å². The molecule has 0 bridgehead atoms. The predicted molar refractivity (Wildman–Crippen MR) is 66.2 cm³/mol. The zero-order valence-electron chi connectivity index (χ0n) is 9.54. The fourth-order valence-corrected chi connectivity index (χ4v) is 1.53. The van der Waals surface area contributed by atoms with Gasteiger partial charge in [-0.05, 0) is 12.5 Å². The molecule has 0 heterocycles. The van der Waals surface area contributed by atoms with Crippen LogP contribution in [-0.2, 0) is 0 Å². The van der Waals surface area contributed by atoms with Crippen molar-refractivity contribution in [2.45, 2.75) is 19.4 Å². The molecule has 1 aromatic carbocycles. The molecular formula is C10H12ClN3O4. The lowest BCUT2D eigenvalue weighted by molar-refractivity contribution is -0.386. The molecule has 1 atom stereocenters.